The summed E-state index contributed by atoms with van der Waals surface area (Å²) in [6.45, 7) is 1.87. The standard InChI is InChI=1S/C12H20N4O3/c1-8(13)3-2-4-11(17)16-10(12(18)19)5-9-6-14-7-15-9/h6-8,10H,2-5,13H2,1H3,(H,14,15)(H,16,17)(H,18,19). The number of H-pyrrole nitrogens is 1. The van der Waals surface area contributed by atoms with Gasteiger partial charge in [0.15, 0.2) is 0 Å². The molecule has 0 bridgehead atoms. The van der Waals surface area contributed by atoms with E-state index < -0.39 is 12.0 Å². The second-order valence-corrected chi connectivity index (χ2v) is 4.61. The van der Waals surface area contributed by atoms with Gasteiger partial charge < -0.3 is 21.1 Å². The highest BCUT2D eigenvalue weighted by Gasteiger charge is 2.20. The number of aliphatic carboxylic acids is 1. The van der Waals surface area contributed by atoms with E-state index in [-0.39, 0.29) is 24.8 Å². The number of hydrogen-bond acceptors (Lipinski definition) is 4. The molecule has 0 fully saturated rings. The normalized spacial score (nSPS) is 13.8. The molecule has 1 aromatic heterocycles. The summed E-state index contributed by atoms with van der Waals surface area (Å²) in [5, 5.41) is 11.6. The number of nitrogens with zero attached hydrogens (tertiary/aromatic N) is 1. The van der Waals surface area contributed by atoms with Crippen LogP contribution in [0.3, 0.4) is 0 Å². The number of nitrogens with two attached hydrogens (primary N) is 1. The van der Waals surface area contributed by atoms with Crippen LogP contribution in [0.2, 0.25) is 0 Å². The van der Waals surface area contributed by atoms with Crippen LogP contribution in [0, 0.1) is 0 Å². The number of carboxylic acid groups (broad SMARTS) is 1. The van der Waals surface area contributed by atoms with E-state index in [0.29, 0.717) is 12.1 Å². The smallest absolute Gasteiger partial charge is 0.326 e. The Bertz CT molecular complexity index is 403. The number of hydrogen-bond donors (Lipinski definition) is 4. The van der Waals surface area contributed by atoms with E-state index >= 15 is 0 Å². The van der Waals surface area contributed by atoms with Crippen molar-refractivity contribution in [1.82, 2.24) is 15.3 Å². The number of carbonyl (C=O) groups excluding carboxylic acids is 1. The molecule has 106 valence electrons. The molecule has 5 N–H and O–H groups in total. The van der Waals surface area contributed by atoms with Gasteiger partial charge in [0.1, 0.15) is 6.04 Å². The van der Waals surface area contributed by atoms with Crippen LogP contribution in [0.15, 0.2) is 12.5 Å². The van der Waals surface area contributed by atoms with E-state index in [4.69, 9.17) is 10.8 Å². The predicted octanol–water partition coefficient (Wildman–Crippen LogP) is 0.0391. The first kappa shape index (κ1) is 15.2. The van der Waals surface area contributed by atoms with Crippen LogP contribution < -0.4 is 11.1 Å². The minimum Gasteiger partial charge on any atom is -0.480 e. The Morgan fingerprint density at radius 3 is 2.84 bits per heavy atom. The van der Waals surface area contributed by atoms with Crippen molar-refractivity contribution in [2.45, 2.75) is 44.7 Å². The van der Waals surface area contributed by atoms with Crippen LogP contribution >= 0.6 is 0 Å². The maximum Gasteiger partial charge on any atom is 0.326 e. The van der Waals surface area contributed by atoms with Gasteiger partial charge in [-0.2, -0.15) is 0 Å². The minimum absolute atomic E-state index is 0.0491. The molecule has 0 radical (unpaired) electrons. The van der Waals surface area contributed by atoms with Crippen LogP contribution in [0.4, 0.5) is 0 Å². The lowest BCUT2D eigenvalue weighted by Gasteiger charge is -2.13. The summed E-state index contributed by atoms with van der Waals surface area (Å²) in [5.74, 6) is -1.33. The Kier molecular flexibility index (Phi) is 6.01. The molecule has 1 amide bonds. The average Bonchev–Trinajstić information content (AvgIpc) is 2.80. The summed E-state index contributed by atoms with van der Waals surface area (Å²) in [7, 11) is 0. The van der Waals surface area contributed by atoms with Gasteiger partial charge in [-0.1, -0.05) is 0 Å². The van der Waals surface area contributed by atoms with Crippen LogP contribution in [-0.2, 0) is 16.0 Å². The SMILES string of the molecule is CC(N)CCCC(=O)NC(Cc1cnc[nH]1)C(=O)O. The molecule has 1 rings (SSSR count). The van der Waals surface area contributed by atoms with Gasteiger partial charge in [0.05, 0.1) is 6.33 Å². The zero-order valence-electron chi connectivity index (χ0n) is 10.9. The second-order valence-electron chi connectivity index (χ2n) is 4.61. The number of carboxylic acids is 1. The summed E-state index contributed by atoms with van der Waals surface area (Å²) in [6, 6.07) is -0.892. The van der Waals surface area contributed by atoms with Gasteiger partial charge in [0.2, 0.25) is 5.91 Å². The molecule has 0 saturated heterocycles. The molecule has 19 heavy (non-hydrogen) atoms. The van der Waals surface area contributed by atoms with Crippen molar-refractivity contribution < 1.29 is 14.7 Å². The highest BCUT2D eigenvalue weighted by molar-refractivity contribution is 5.83. The minimum atomic E-state index is -1.06. The third-order valence-corrected chi connectivity index (χ3v) is 2.68. The van der Waals surface area contributed by atoms with Crippen molar-refractivity contribution in [3.63, 3.8) is 0 Å². The van der Waals surface area contributed by atoms with Crippen molar-refractivity contribution >= 4 is 11.9 Å². The van der Waals surface area contributed by atoms with Crippen molar-refractivity contribution in [2.75, 3.05) is 0 Å². The molecule has 7 heteroatoms. The Morgan fingerprint density at radius 1 is 1.58 bits per heavy atom. The predicted molar refractivity (Wildman–Crippen MR) is 69.4 cm³/mol. The molecule has 0 aromatic carbocycles. The Morgan fingerprint density at radius 2 is 2.32 bits per heavy atom. The fourth-order valence-electron chi connectivity index (χ4n) is 1.67. The molecular weight excluding hydrogens is 248 g/mol. The highest BCUT2D eigenvalue weighted by atomic mass is 16.4. The lowest BCUT2D eigenvalue weighted by Crippen LogP contribution is -2.42. The van der Waals surface area contributed by atoms with Gasteiger partial charge in [-0.15, -0.1) is 0 Å². The average molecular weight is 268 g/mol. The van der Waals surface area contributed by atoms with Gasteiger partial charge in [0.25, 0.3) is 0 Å². The Hall–Kier alpha value is -1.89. The van der Waals surface area contributed by atoms with Gasteiger partial charge in [-0.05, 0) is 19.8 Å². The molecule has 0 spiro atoms. The Balaban J connectivity index is 2.40. The molecule has 1 heterocycles. The highest BCUT2D eigenvalue weighted by Crippen LogP contribution is 2.02. The van der Waals surface area contributed by atoms with Gasteiger partial charge >= 0.3 is 5.97 Å². The van der Waals surface area contributed by atoms with Gasteiger partial charge in [-0.3, -0.25) is 4.79 Å². The molecule has 0 saturated carbocycles. The number of nitrogens with one attached hydrogen (secondary N) is 2. The van der Waals surface area contributed by atoms with E-state index in [9.17, 15) is 9.59 Å². The maximum absolute atomic E-state index is 11.6. The van der Waals surface area contributed by atoms with E-state index in [2.05, 4.69) is 15.3 Å². The summed E-state index contributed by atoms with van der Waals surface area (Å²) in [6.07, 6.45) is 4.88. The lowest BCUT2D eigenvalue weighted by molar-refractivity contribution is -0.141. The molecule has 2 atom stereocenters. The van der Waals surface area contributed by atoms with E-state index in [1.54, 1.807) is 0 Å². The van der Waals surface area contributed by atoms with Crippen LogP contribution in [0.5, 0.6) is 0 Å². The van der Waals surface area contributed by atoms with Crippen molar-refractivity contribution in [3.05, 3.63) is 18.2 Å². The summed E-state index contributed by atoms with van der Waals surface area (Å²) in [5.41, 5.74) is 6.25. The third-order valence-electron chi connectivity index (χ3n) is 2.68. The Labute approximate surface area is 111 Å². The lowest BCUT2D eigenvalue weighted by atomic mass is 10.1. The number of rotatable bonds is 8. The fraction of sp³-hybridized carbons (Fsp3) is 0.583. The van der Waals surface area contributed by atoms with E-state index in [1.807, 2.05) is 6.92 Å². The summed E-state index contributed by atoms with van der Waals surface area (Å²) in [4.78, 5) is 29.3. The number of aromatic nitrogens is 2. The molecule has 0 aliphatic rings. The quantitative estimate of drug-likeness (QED) is 0.530. The van der Waals surface area contributed by atoms with Crippen molar-refractivity contribution in [3.8, 4) is 0 Å². The maximum atomic E-state index is 11.6. The molecule has 0 aliphatic heterocycles. The number of carbonyl (C=O) groups is 2. The number of amides is 1. The second kappa shape index (κ2) is 7.52. The molecule has 0 aliphatic carbocycles. The zero-order chi connectivity index (χ0) is 14.3. The molecule has 1 aromatic rings. The van der Waals surface area contributed by atoms with Crippen molar-refractivity contribution in [2.24, 2.45) is 5.73 Å². The topological polar surface area (TPSA) is 121 Å². The van der Waals surface area contributed by atoms with Crippen molar-refractivity contribution in [1.29, 1.82) is 0 Å². The largest absolute Gasteiger partial charge is 0.480 e. The summed E-state index contributed by atoms with van der Waals surface area (Å²) < 4.78 is 0. The van der Waals surface area contributed by atoms with Gasteiger partial charge in [-0.25, -0.2) is 9.78 Å². The number of imidazole rings is 1. The molecule has 2 unspecified atom stereocenters. The summed E-state index contributed by atoms with van der Waals surface area (Å²) >= 11 is 0. The van der Waals surface area contributed by atoms with E-state index in [0.717, 1.165) is 6.42 Å². The monoisotopic (exact) mass is 268 g/mol. The van der Waals surface area contributed by atoms with Crippen LogP contribution in [-0.4, -0.2) is 39.0 Å². The van der Waals surface area contributed by atoms with Crippen LogP contribution in [0.25, 0.3) is 0 Å². The molecular formula is C12H20N4O3. The molecule has 7 nitrogen and oxygen atoms in total. The third kappa shape index (κ3) is 6.01. The van der Waals surface area contributed by atoms with Gasteiger partial charge in [0, 0.05) is 30.8 Å². The number of aromatic amines is 1. The first-order valence-electron chi connectivity index (χ1n) is 6.24. The van der Waals surface area contributed by atoms with E-state index in [1.165, 1.54) is 12.5 Å². The fourth-order valence-corrected chi connectivity index (χ4v) is 1.67. The van der Waals surface area contributed by atoms with Crippen LogP contribution in [0.1, 0.15) is 31.9 Å². The first-order valence-corrected chi connectivity index (χ1v) is 6.24. The first-order chi connectivity index (χ1) is 8.99. The zero-order valence-corrected chi connectivity index (χ0v) is 10.9.